The van der Waals surface area contributed by atoms with E-state index in [0.717, 1.165) is 37.6 Å². The van der Waals surface area contributed by atoms with Gasteiger partial charge in [-0.2, -0.15) is 5.10 Å². The molecule has 0 aliphatic heterocycles. The summed E-state index contributed by atoms with van der Waals surface area (Å²) in [5.74, 6) is -0.0321. The van der Waals surface area contributed by atoms with Crippen LogP contribution in [0.25, 0.3) is 22.1 Å². The van der Waals surface area contributed by atoms with E-state index in [1.54, 1.807) is 23.8 Å². The van der Waals surface area contributed by atoms with Crippen molar-refractivity contribution in [3.63, 3.8) is 0 Å². The predicted octanol–water partition coefficient (Wildman–Crippen LogP) is 3.61. The number of hydrogen-bond acceptors (Lipinski definition) is 11. The van der Waals surface area contributed by atoms with Crippen molar-refractivity contribution >= 4 is 30.8 Å². The summed E-state index contributed by atoms with van der Waals surface area (Å²) in [6.45, 7) is 2.71. The number of aromatic nitrogens is 7. The molecule has 16 heteroatoms. The van der Waals surface area contributed by atoms with Crippen molar-refractivity contribution in [1.82, 2.24) is 34.7 Å². The van der Waals surface area contributed by atoms with E-state index in [1.165, 1.54) is 23.7 Å². The number of rotatable bonds is 10. The van der Waals surface area contributed by atoms with E-state index in [2.05, 4.69) is 29.9 Å². The maximum atomic E-state index is 13.2. The zero-order chi connectivity index (χ0) is 27.4. The Morgan fingerprint density at radius 2 is 2.00 bits per heavy atom. The fourth-order valence-electron chi connectivity index (χ4n) is 4.26. The molecule has 1 aliphatic rings. The molecule has 39 heavy (non-hydrogen) atoms. The number of ether oxygens (including phenoxy) is 1. The molecule has 0 aromatic carbocycles. The molecule has 206 valence electrons. The summed E-state index contributed by atoms with van der Waals surface area (Å²) in [6.07, 6.45) is 11.8. The van der Waals surface area contributed by atoms with E-state index in [4.69, 9.17) is 14.5 Å². The highest BCUT2D eigenvalue weighted by Crippen LogP contribution is 2.38. The fraction of sp³-hybridized carbons (Fsp3) is 0.391. The summed E-state index contributed by atoms with van der Waals surface area (Å²) in [4.78, 5) is 36.5. The van der Waals surface area contributed by atoms with Crippen molar-refractivity contribution in [2.24, 2.45) is 0 Å². The second-order valence-corrected chi connectivity index (χ2v) is 11.0. The first-order valence-electron chi connectivity index (χ1n) is 12.2. The third-order valence-corrected chi connectivity index (χ3v) is 7.87. The second-order valence-electron chi connectivity index (χ2n) is 8.69. The van der Waals surface area contributed by atoms with Crippen LogP contribution in [0, 0.1) is 0 Å². The lowest BCUT2D eigenvalue weighted by atomic mass is 9.93. The number of hydrogen-bond donors (Lipinski definition) is 2. The Kier molecular flexibility index (Phi) is 8.14. The zero-order valence-corrected chi connectivity index (χ0v) is 22.9. The fourth-order valence-corrected chi connectivity index (χ4v) is 5.41. The van der Waals surface area contributed by atoms with Crippen LogP contribution >= 0.6 is 19.2 Å². The summed E-state index contributed by atoms with van der Waals surface area (Å²) in [7, 11) is -3.23. The van der Waals surface area contributed by atoms with E-state index in [0.29, 0.717) is 34.4 Å². The molecule has 1 atom stereocenters. The van der Waals surface area contributed by atoms with Crippen LogP contribution < -0.4 is 9.94 Å². The number of nitrogens with one attached hydrogen (secondary N) is 1. The molecule has 0 radical (unpaired) electrons. The van der Waals surface area contributed by atoms with Crippen LogP contribution in [0.15, 0.2) is 42.4 Å². The number of anilines is 1. The van der Waals surface area contributed by atoms with E-state index >= 15 is 0 Å². The molecule has 4 heterocycles. The van der Waals surface area contributed by atoms with Gasteiger partial charge in [0.15, 0.2) is 11.5 Å². The zero-order valence-electron chi connectivity index (χ0n) is 21.2. The number of amides is 1. The first kappa shape index (κ1) is 27.1. The molecule has 4 aromatic heterocycles. The van der Waals surface area contributed by atoms with Crippen LogP contribution in [-0.2, 0) is 13.8 Å². The Hall–Kier alpha value is -3.49. The second kappa shape index (κ2) is 11.7. The van der Waals surface area contributed by atoms with Crippen LogP contribution in [0.5, 0.6) is 0 Å². The number of nitrogens with zero attached hydrogens (tertiary/aromatic N) is 7. The molecule has 0 saturated heterocycles. The van der Waals surface area contributed by atoms with E-state index in [-0.39, 0.29) is 17.8 Å². The molecule has 1 aliphatic carbocycles. The monoisotopic (exact) mass is 574 g/mol. The van der Waals surface area contributed by atoms with Crippen LogP contribution in [0.2, 0.25) is 0 Å². The number of phosphoric ester groups is 1. The summed E-state index contributed by atoms with van der Waals surface area (Å²) >= 11 is 1.21. The normalized spacial score (nSPS) is 18.9. The smallest absolute Gasteiger partial charge is 0.379 e. The van der Waals surface area contributed by atoms with Crippen molar-refractivity contribution in [2.45, 2.75) is 44.8 Å². The summed E-state index contributed by atoms with van der Waals surface area (Å²) in [5.41, 5.74) is 1.62. The van der Waals surface area contributed by atoms with Crippen LogP contribution in [0.1, 0.15) is 49.1 Å². The van der Waals surface area contributed by atoms with Crippen LogP contribution in [0.3, 0.4) is 0 Å². The van der Waals surface area contributed by atoms with Gasteiger partial charge in [0.2, 0.25) is 0 Å². The number of carbonyl (C=O) groups is 1. The molecule has 1 amide bonds. The number of thiazole rings is 1. The lowest BCUT2D eigenvalue weighted by Gasteiger charge is -2.28. The van der Waals surface area contributed by atoms with Gasteiger partial charge in [-0.25, -0.2) is 19.5 Å². The van der Waals surface area contributed by atoms with Gasteiger partial charge in [-0.15, -0.1) is 16.4 Å². The molecule has 4 aromatic rings. The Morgan fingerprint density at radius 3 is 2.72 bits per heavy atom. The van der Waals surface area contributed by atoms with Crippen molar-refractivity contribution in [3.8, 4) is 22.1 Å². The molecule has 1 saturated carbocycles. The Labute approximate surface area is 227 Å². The minimum atomic E-state index is -4.27. The van der Waals surface area contributed by atoms with E-state index in [1.807, 2.05) is 17.8 Å². The number of phosphoric acid groups is 1. The van der Waals surface area contributed by atoms with Gasteiger partial charge in [0.1, 0.15) is 10.7 Å². The van der Waals surface area contributed by atoms with Crippen LogP contribution in [0.4, 0.5) is 5.69 Å². The third kappa shape index (κ3) is 6.40. The predicted molar refractivity (Wildman–Crippen MR) is 141 cm³/mol. The highest BCUT2D eigenvalue weighted by molar-refractivity contribution is 7.47. The number of carbonyl (C=O) groups excluding carboxylic acids is 1. The van der Waals surface area contributed by atoms with Crippen molar-refractivity contribution in [1.29, 1.82) is 0 Å². The molecule has 5 rings (SSSR count). The van der Waals surface area contributed by atoms with Gasteiger partial charge < -0.3 is 10.1 Å². The van der Waals surface area contributed by atoms with Crippen molar-refractivity contribution in [2.75, 3.05) is 19.0 Å². The topological polar surface area (TPSA) is 168 Å². The molecular weight excluding hydrogens is 547 g/mol. The van der Waals surface area contributed by atoms with Gasteiger partial charge in [-0.1, -0.05) is 4.85 Å². The van der Waals surface area contributed by atoms with Crippen LogP contribution in [-0.4, -0.2) is 65.3 Å². The van der Waals surface area contributed by atoms with Gasteiger partial charge >= 0.3 is 7.82 Å². The average Bonchev–Trinajstić information content (AvgIpc) is 3.70. The summed E-state index contributed by atoms with van der Waals surface area (Å²) < 4.78 is 28.4. The lowest BCUT2D eigenvalue weighted by molar-refractivity contribution is 0.0260. The van der Waals surface area contributed by atoms with Gasteiger partial charge in [0, 0.05) is 37.7 Å². The molecular formula is C23H27N8O6PS. The Morgan fingerprint density at radius 1 is 1.23 bits per heavy atom. The van der Waals surface area contributed by atoms with E-state index in [9.17, 15) is 14.3 Å². The molecule has 14 nitrogen and oxygen atoms in total. The highest BCUT2D eigenvalue weighted by atomic mass is 32.1. The summed E-state index contributed by atoms with van der Waals surface area (Å²) in [6, 6.07) is 1.89. The summed E-state index contributed by atoms with van der Waals surface area (Å²) in [5, 5.41) is 13.6. The molecule has 0 spiro atoms. The molecule has 1 unspecified atom stereocenters. The van der Waals surface area contributed by atoms with Gasteiger partial charge in [0.25, 0.3) is 5.91 Å². The Bertz CT molecular complexity index is 1470. The van der Waals surface area contributed by atoms with Gasteiger partial charge in [-0.05, 0) is 38.7 Å². The maximum absolute atomic E-state index is 13.2. The molecule has 2 N–H and O–H groups in total. The third-order valence-electron chi connectivity index (χ3n) is 6.14. The first-order chi connectivity index (χ1) is 18.8. The quantitative estimate of drug-likeness (QED) is 0.265. The molecule has 1 fully saturated rings. The van der Waals surface area contributed by atoms with Gasteiger partial charge in [-0.3, -0.25) is 23.5 Å². The lowest BCUT2D eigenvalue weighted by Crippen LogP contribution is -2.24. The SMILES string of the molecule is CCOC1CCC(n2cc(NC(=O)c3csc(-c4cnn(OP(=O)(O)OC)c4)n3)c(-c3ncccn3)n2)CC1. The Balaban J connectivity index is 1.34. The van der Waals surface area contributed by atoms with Crippen molar-refractivity contribution in [3.05, 3.63) is 48.1 Å². The average molecular weight is 575 g/mol. The van der Waals surface area contributed by atoms with Gasteiger partial charge in [0.05, 0.1) is 35.8 Å². The maximum Gasteiger partial charge on any atom is 0.547 e. The first-order valence-corrected chi connectivity index (χ1v) is 14.6. The minimum absolute atomic E-state index is 0.173. The van der Waals surface area contributed by atoms with Crippen molar-refractivity contribution < 1.29 is 28.1 Å². The standard InChI is InChI=1S/C23H27N8O6PS/c1-3-36-17-7-5-16(6-8-17)30-13-18(20(29-30)21-24-9-4-10-25-21)27-22(32)19-14-39-23(28-19)15-11-26-31(12-15)37-38(33,34)35-2/h4,9-14,16-17H,3,5-8H2,1-2H3,(H,27,32)(H,33,34). The minimum Gasteiger partial charge on any atom is -0.379 e. The molecule has 0 bridgehead atoms. The largest absolute Gasteiger partial charge is 0.547 e. The highest BCUT2D eigenvalue weighted by Gasteiger charge is 2.26. The van der Waals surface area contributed by atoms with E-state index < -0.39 is 13.7 Å².